The van der Waals surface area contributed by atoms with Crippen molar-refractivity contribution in [3.8, 4) is 5.75 Å². The summed E-state index contributed by atoms with van der Waals surface area (Å²) in [5, 5.41) is 0. The molecule has 1 aromatic carbocycles. The van der Waals surface area contributed by atoms with Gasteiger partial charge in [0.1, 0.15) is 12.4 Å². The van der Waals surface area contributed by atoms with Crippen LogP contribution in [-0.4, -0.2) is 24.9 Å². The standard InChI is InChI=1S/C13H14F3NO2/c1-8(2)11-7-18-12(17-11)9-4-3-5-10(6-9)19-13(14,15)16/h3-6,8,11H,7H2,1-2H3. The summed E-state index contributed by atoms with van der Waals surface area (Å²) in [7, 11) is 0. The van der Waals surface area contributed by atoms with Crippen molar-refractivity contribution in [2.24, 2.45) is 10.9 Å². The summed E-state index contributed by atoms with van der Waals surface area (Å²) in [6, 6.07) is 5.68. The lowest BCUT2D eigenvalue weighted by atomic mass is 10.1. The molecule has 0 spiro atoms. The van der Waals surface area contributed by atoms with E-state index in [4.69, 9.17) is 4.74 Å². The van der Waals surface area contributed by atoms with E-state index in [-0.39, 0.29) is 11.8 Å². The molecular weight excluding hydrogens is 259 g/mol. The Kier molecular flexibility index (Phi) is 3.68. The molecule has 0 bridgehead atoms. The van der Waals surface area contributed by atoms with Crippen LogP contribution >= 0.6 is 0 Å². The highest BCUT2D eigenvalue weighted by Gasteiger charge is 2.31. The molecule has 6 heteroatoms. The summed E-state index contributed by atoms with van der Waals surface area (Å²) in [6.07, 6.45) is -4.70. The molecular formula is C13H14F3NO2. The van der Waals surface area contributed by atoms with E-state index in [9.17, 15) is 13.2 Å². The van der Waals surface area contributed by atoms with Crippen molar-refractivity contribution in [2.75, 3.05) is 6.61 Å². The van der Waals surface area contributed by atoms with Crippen molar-refractivity contribution < 1.29 is 22.6 Å². The predicted octanol–water partition coefficient (Wildman–Crippen LogP) is 3.39. The topological polar surface area (TPSA) is 30.8 Å². The van der Waals surface area contributed by atoms with Gasteiger partial charge in [-0.3, -0.25) is 0 Å². The quantitative estimate of drug-likeness (QED) is 0.845. The third-order valence-electron chi connectivity index (χ3n) is 2.76. The summed E-state index contributed by atoms with van der Waals surface area (Å²) < 4.78 is 45.7. The predicted molar refractivity (Wildman–Crippen MR) is 64.2 cm³/mol. The van der Waals surface area contributed by atoms with E-state index in [0.29, 0.717) is 24.0 Å². The van der Waals surface area contributed by atoms with Gasteiger partial charge in [0.25, 0.3) is 0 Å². The Hall–Kier alpha value is -1.72. The second kappa shape index (κ2) is 5.11. The zero-order chi connectivity index (χ0) is 14.0. The van der Waals surface area contributed by atoms with Crippen molar-refractivity contribution in [1.82, 2.24) is 0 Å². The van der Waals surface area contributed by atoms with Gasteiger partial charge in [0.15, 0.2) is 0 Å². The lowest BCUT2D eigenvalue weighted by Gasteiger charge is -2.09. The molecule has 1 aliphatic heterocycles. The van der Waals surface area contributed by atoms with Crippen LogP contribution in [-0.2, 0) is 4.74 Å². The molecule has 3 nitrogen and oxygen atoms in total. The number of alkyl halides is 3. The minimum atomic E-state index is -4.70. The Morgan fingerprint density at radius 2 is 2.11 bits per heavy atom. The highest BCUT2D eigenvalue weighted by Crippen LogP contribution is 2.25. The zero-order valence-corrected chi connectivity index (χ0v) is 10.6. The number of halogens is 3. The fourth-order valence-electron chi connectivity index (χ4n) is 1.72. The Balaban J connectivity index is 2.18. The molecule has 1 unspecified atom stereocenters. The van der Waals surface area contributed by atoms with Gasteiger partial charge in [-0.05, 0) is 24.1 Å². The first-order valence-corrected chi connectivity index (χ1v) is 5.92. The number of hydrogen-bond acceptors (Lipinski definition) is 3. The molecule has 104 valence electrons. The number of hydrogen-bond donors (Lipinski definition) is 0. The molecule has 0 aliphatic carbocycles. The lowest BCUT2D eigenvalue weighted by Crippen LogP contribution is -2.17. The van der Waals surface area contributed by atoms with Gasteiger partial charge in [-0.2, -0.15) is 0 Å². The Morgan fingerprint density at radius 3 is 2.68 bits per heavy atom. The molecule has 1 aliphatic rings. The molecule has 1 heterocycles. The fourth-order valence-corrected chi connectivity index (χ4v) is 1.72. The molecule has 0 saturated carbocycles. The maximum absolute atomic E-state index is 12.1. The van der Waals surface area contributed by atoms with E-state index in [1.165, 1.54) is 18.2 Å². The van der Waals surface area contributed by atoms with Crippen molar-refractivity contribution >= 4 is 5.90 Å². The number of rotatable bonds is 3. The van der Waals surface area contributed by atoms with Crippen LogP contribution in [0.5, 0.6) is 5.75 Å². The Bertz CT molecular complexity index is 483. The second-order valence-electron chi connectivity index (χ2n) is 4.63. The van der Waals surface area contributed by atoms with Crippen molar-refractivity contribution in [3.05, 3.63) is 29.8 Å². The normalized spacial score (nSPS) is 19.3. The number of aliphatic imine (C=N–C) groups is 1. The average Bonchev–Trinajstić information content (AvgIpc) is 2.76. The zero-order valence-electron chi connectivity index (χ0n) is 10.6. The van der Waals surface area contributed by atoms with Crippen LogP contribution in [0.2, 0.25) is 0 Å². The van der Waals surface area contributed by atoms with Crippen LogP contribution in [0.1, 0.15) is 19.4 Å². The van der Waals surface area contributed by atoms with E-state index in [1.807, 2.05) is 13.8 Å². The Labute approximate surface area is 109 Å². The van der Waals surface area contributed by atoms with Gasteiger partial charge >= 0.3 is 6.36 Å². The molecule has 0 amide bonds. The molecule has 1 atom stereocenters. The first-order valence-electron chi connectivity index (χ1n) is 5.92. The summed E-state index contributed by atoms with van der Waals surface area (Å²) in [5.74, 6) is 0.419. The van der Waals surface area contributed by atoms with Gasteiger partial charge in [0.05, 0.1) is 6.04 Å². The van der Waals surface area contributed by atoms with Crippen LogP contribution < -0.4 is 4.74 Å². The van der Waals surface area contributed by atoms with Crippen molar-refractivity contribution in [2.45, 2.75) is 26.3 Å². The molecule has 0 radical (unpaired) electrons. The molecule has 19 heavy (non-hydrogen) atoms. The maximum Gasteiger partial charge on any atom is 0.573 e. The summed E-state index contributed by atoms with van der Waals surface area (Å²) in [6.45, 7) is 4.49. The molecule has 0 saturated heterocycles. The van der Waals surface area contributed by atoms with E-state index in [2.05, 4.69) is 9.73 Å². The Morgan fingerprint density at radius 1 is 1.37 bits per heavy atom. The fraction of sp³-hybridized carbons (Fsp3) is 0.462. The third-order valence-corrected chi connectivity index (χ3v) is 2.76. The van der Waals surface area contributed by atoms with E-state index >= 15 is 0 Å². The van der Waals surface area contributed by atoms with Crippen LogP contribution in [0.25, 0.3) is 0 Å². The average molecular weight is 273 g/mol. The van der Waals surface area contributed by atoms with Crippen LogP contribution in [0.15, 0.2) is 29.3 Å². The van der Waals surface area contributed by atoms with Gasteiger partial charge < -0.3 is 9.47 Å². The maximum atomic E-state index is 12.1. The molecule has 0 aromatic heterocycles. The smallest absolute Gasteiger partial charge is 0.475 e. The third kappa shape index (κ3) is 3.62. The van der Waals surface area contributed by atoms with Gasteiger partial charge in [-0.1, -0.05) is 19.9 Å². The van der Waals surface area contributed by atoms with E-state index < -0.39 is 6.36 Å². The molecule has 0 fully saturated rings. The second-order valence-corrected chi connectivity index (χ2v) is 4.63. The van der Waals surface area contributed by atoms with Crippen LogP contribution in [0.4, 0.5) is 13.2 Å². The summed E-state index contributed by atoms with van der Waals surface area (Å²) in [4.78, 5) is 4.35. The highest BCUT2D eigenvalue weighted by atomic mass is 19.4. The minimum absolute atomic E-state index is 0.0437. The van der Waals surface area contributed by atoms with E-state index in [1.54, 1.807) is 6.07 Å². The van der Waals surface area contributed by atoms with E-state index in [0.717, 1.165) is 0 Å². The van der Waals surface area contributed by atoms with Crippen molar-refractivity contribution in [1.29, 1.82) is 0 Å². The number of benzene rings is 1. The monoisotopic (exact) mass is 273 g/mol. The first kappa shape index (κ1) is 13.7. The minimum Gasteiger partial charge on any atom is -0.475 e. The summed E-state index contributed by atoms with van der Waals surface area (Å²) >= 11 is 0. The molecule has 0 N–H and O–H groups in total. The van der Waals surface area contributed by atoms with Crippen LogP contribution in [0.3, 0.4) is 0 Å². The van der Waals surface area contributed by atoms with Gasteiger partial charge in [0.2, 0.25) is 5.90 Å². The number of nitrogens with zero attached hydrogens (tertiary/aromatic N) is 1. The van der Waals surface area contributed by atoms with Gasteiger partial charge in [0, 0.05) is 5.56 Å². The summed E-state index contributed by atoms with van der Waals surface area (Å²) in [5.41, 5.74) is 0.491. The van der Waals surface area contributed by atoms with Gasteiger partial charge in [-0.15, -0.1) is 13.2 Å². The van der Waals surface area contributed by atoms with Gasteiger partial charge in [-0.25, -0.2) is 4.99 Å². The van der Waals surface area contributed by atoms with Crippen molar-refractivity contribution in [3.63, 3.8) is 0 Å². The largest absolute Gasteiger partial charge is 0.573 e. The lowest BCUT2D eigenvalue weighted by molar-refractivity contribution is -0.274. The highest BCUT2D eigenvalue weighted by molar-refractivity contribution is 5.95. The molecule has 2 rings (SSSR count). The number of ether oxygens (including phenoxy) is 2. The molecule has 1 aromatic rings. The first-order chi connectivity index (χ1) is 8.85. The van der Waals surface area contributed by atoms with Crippen LogP contribution in [0, 0.1) is 5.92 Å². The SMILES string of the molecule is CC(C)C1COC(c2cccc(OC(F)(F)F)c2)=N1.